The summed E-state index contributed by atoms with van der Waals surface area (Å²) in [5.74, 6) is 0.0512. The molecule has 0 radical (unpaired) electrons. The first-order chi connectivity index (χ1) is 13.7. The first kappa shape index (κ1) is 17.6. The molecular formula is C20H16N4O4. The molecule has 0 spiro atoms. The van der Waals surface area contributed by atoms with Gasteiger partial charge in [0.2, 0.25) is 0 Å². The molecule has 0 saturated heterocycles. The quantitative estimate of drug-likeness (QED) is 0.494. The van der Waals surface area contributed by atoms with Gasteiger partial charge in [0.15, 0.2) is 18.1 Å². The van der Waals surface area contributed by atoms with Gasteiger partial charge in [0, 0.05) is 11.8 Å². The lowest BCUT2D eigenvalue weighted by Crippen LogP contribution is -2.25. The van der Waals surface area contributed by atoms with Gasteiger partial charge in [-0.1, -0.05) is 48.5 Å². The van der Waals surface area contributed by atoms with Crippen molar-refractivity contribution in [2.75, 3.05) is 0 Å². The number of para-hydroxylation sites is 1. The molecule has 8 heteroatoms. The van der Waals surface area contributed by atoms with Gasteiger partial charge in [0.05, 0.1) is 11.1 Å². The number of carbonyl (C=O) groups excluding carboxylic acids is 1. The monoisotopic (exact) mass is 376 g/mol. The Hall–Kier alpha value is -3.81. The highest BCUT2D eigenvalue weighted by Gasteiger charge is 2.19. The predicted octanol–water partition coefficient (Wildman–Crippen LogP) is 2.69. The Balaban J connectivity index is 1.74. The Morgan fingerprint density at radius 2 is 1.79 bits per heavy atom. The standard InChI is InChI=1S/C20H16N4O4/c1-2-16-21-17(28-23-16)12-27-20(26)18-14-10-6-7-11-15(14)19(25)24(22-18)13-8-4-3-5-9-13/h3-11H,2,12H2,1H3. The molecule has 4 aromatic rings. The molecule has 0 fully saturated rings. The van der Waals surface area contributed by atoms with Crippen molar-refractivity contribution in [1.82, 2.24) is 19.9 Å². The minimum Gasteiger partial charge on any atom is -0.451 e. The molecule has 0 unspecified atom stereocenters. The maximum Gasteiger partial charge on any atom is 0.359 e. The minimum absolute atomic E-state index is 0.0364. The van der Waals surface area contributed by atoms with Crippen LogP contribution in [0.1, 0.15) is 29.1 Å². The number of hydrogen-bond acceptors (Lipinski definition) is 7. The number of nitrogens with zero attached hydrogens (tertiary/aromatic N) is 4. The van der Waals surface area contributed by atoms with Crippen LogP contribution in [0.15, 0.2) is 63.9 Å². The van der Waals surface area contributed by atoms with Crippen molar-refractivity contribution >= 4 is 16.7 Å². The van der Waals surface area contributed by atoms with Crippen LogP contribution >= 0.6 is 0 Å². The van der Waals surface area contributed by atoms with Gasteiger partial charge in [-0.05, 0) is 18.2 Å². The molecule has 28 heavy (non-hydrogen) atoms. The molecule has 0 amide bonds. The lowest BCUT2D eigenvalue weighted by Gasteiger charge is -2.10. The van der Waals surface area contributed by atoms with Crippen LogP contribution < -0.4 is 5.56 Å². The molecule has 0 N–H and O–H groups in total. The summed E-state index contributed by atoms with van der Waals surface area (Å²) in [4.78, 5) is 29.7. The van der Waals surface area contributed by atoms with E-state index in [1.54, 1.807) is 48.5 Å². The van der Waals surface area contributed by atoms with Crippen molar-refractivity contribution in [3.05, 3.63) is 82.4 Å². The molecule has 2 heterocycles. The molecule has 140 valence electrons. The van der Waals surface area contributed by atoms with Crippen molar-refractivity contribution in [3.8, 4) is 5.69 Å². The van der Waals surface area contributed by atoms with E-state index < -0.39 is 5.97 Å². The van der Waals surface area contributed by atoms with Gasteiger partial charge >= 0.3 is 5.97 Å². The van der Waals surface area contributed by atoms with E-state index in [1.165, 1.54) is 4.68 Å². The number of rotatable bonds is 5. The maximum absolute atomic E-state index is 12.8. The number of benzene rings is 2. The van der Waals surface area contributed by atoms with E-state index in [0.29, 0.717) is 28.7 Å². The fraction of sp³-hybridized carbons (Fsp3) is 0.150. The van der Waals surface area contributed by atoms with Crippen LogP contribution in [0.4, 0.5) is 0 Å². The Labute approximate surface area is 159 Å². The molecule has 0 atom stereocenters. The lowest BCUT2D eigenvalue weighted by atomic mass is 10.1. The van der Waals surface area contributed by atoms with Crippen molar-refractivity contribution in [3.63, 3.8) is 0 Å². The van der Waals surface area contributed by atoms with Crippen LogP contribution in [-0.2, 0) is 17.8 Å². The second kappa shape index (κ2) is 7.43. The van der Waals surface area contributed by atoms with Gasteiger partial charge in [-0.3, -0.25) is 4.79 Å². The van der Waals surface area contributed by atoms with Gasteiger partial charge in [-0.2, -0.15) is 14.8 Å². The zero-order chi connectivity index (χ0) is 19.5. The molecule has 2 aromatic heterocycles. The van der Waals surface area contributed by atoms with Gasteiger partial charge in [0.1, 0.15) is 0 Å². The van der Waals surface area contributed by atoms with E-state index in [9.17, 15) is 9.59 Å². The zero-order valence-electron chi connectivity index (χ0n) is 15.0. The normalized spacial score (nSPS) is 10.9. The largest absolute Gasteiger partial charge is 0.451 e. The molecular weight excluding hydrogens is 360 g/mol. The third-order valence-corrected chi connectivity index (χ3v) is 4.15. The lowest BCUT2D eigenvalue weighted by molar-refractivity contribution is 0.0423. The fourth-order valence-electron chi connectivity index (χ4n) is 2.77. The third kappa shape index (κ3) is 3.27. The number of ether oxygens (including phenoxy) is 1. The molecule has 0 bridgehead atoms. The van der Waals surface area contributed by atoms with Gasteiger partial charge in [-0.25, -0.2) is 4.79 Å². The Morgan fingerprint density at radius 1 is 1.07 bits per heavy atom. The smallest absolute Gasteiger partial charge is 0.359 e. The Morgan fingerprint density at radius 3 is 2.50 bits per heavy atom. The first-order valence-corrected chi connectivity index (χ1v) is 8.73. The minimum atomic E-state index is -0.683. The van der Waals surface area contributed by atoms with E-state index in [-0.39, 0.29) is 23.8 Å². The van der Waals surface area contributed by atoms with Gasteiger partial charge in [0.25, 0.3) is 11.4 Å². The average molecular weight is 376 g/mol. The number of aryl methyl sites for hydroxylation is 1. The average Bonchev–Trinajstić information content (AvgIpc) is 3.21. The molecule has 0 saturated carbocycles. The molecule has 0 aliphatic heterocycles. The van der Waals surface area contributed by atoms with Crippen LogP contribution in [0.25, 0.3) is 16.5 Å². The molecule has 2 aromatic carbocycles. The molecule has 0 aliphatic carbocycles. The zero-order valence-corrected chi connectivity index (χ0v) is 15.0. The summed E-state index contributed by atoms with van der Waals surface area (Å²) in [7, 11) is 0. The highest BCUT2D eigenvalue weighted by molar-refractivity contribution is 6.02. The Kier molecular flexibility index (Phi) is 4.67. The second-order valence-corrected chi connectivity index (χ2v) is 5.98. The van der Waals surface area contributed by atoms with Crippen LogP contribution in [-0.4, -0.2) is 25.9 Å². The topological polar surface area (TPSA) is 100 Å². The number of hydrogen-bond donors (Lipinski definition) is 0. The van der Waals surface area contributed by atoms with Gasteiger partial charge < -0.3 is 9.26 Å². The van der Waals surface area contributed by atoms with E-state index in [0.717, 1.165) is 0 Å². The molecule has 4 rings (SSSR count). The van der Waals surface area contributed by atoms with Crippen LogP contribution in [0.5, 0.6) is 0 Å². The summed E-state index contributed by atoms with van der Waals surface area (Å²) in [6, 6.07) is 15.7. The SMILES string of the molecule is CCc1noc(COC(=O)c2nn(-c3ccccc3)c(=O)c3ccccc23)n1. The summed E-state index contributed by atoms with van der Waals surface area (Å²) in [6.45, 7) is 1.72. The second-order valence-electron chi connectivity index (χ2n) is 5.98. The molecule has 8 nitrogen and oxygen atoms in total. The molecule has 0 aliphatic rings. The van der Waals surface area contributed by atoms with Gasteiger partial charge in [-0.15, -0.1) is 0 Å². The van der Waals surface area contributed by atoms with E-state index in [1.807, 2.05) is 13.0 Å². The third-order valence-electron chi connectivity index (χ3n) is 4.15. The summed E-state index contributed by atoms with van der Waals surface area (Å²) >= 11 is 0. The number of fused-ring (bicyclic) bond motifs is 1. The summed E-state index contributed by atoms with van der Waals surface area (Å²) in [6.07, 6.45) is 0.617. The van der Waals surface area contributed by atoms with Crippen LogP contribution in [0.2, 0.25) is 0 Å². The van der Waals surface area contributed by atoms with Crippen molar-refractivity contribution in [2.24, 2.45) is 0 Å². The highest BCUT2D eigenvalue weighted by Crippen LogP contribution is 2.16. The van der Waals surface area contributed by atoms with E-state index in [2.05, 4.69) is 15.2 Å². The summed E-state index contributed by atoms with van der Waals surface area (Å²) < 4.78 is 11.5. The van der Waals surface area contributed by atoms with E-state index in [4.69, 9.17) is 9.26 Å². The fourth-order valence-corrected chi connectivity index (χ4v) is 2.77. The number of carbonyl (C=O) groups is 1. The van der Waals surface area contributed by atoms with Crippen molar-refractivity contribution in [2.45, 2.75) is 20.0 Å². The van der Waals surface area contributed by atoms with E-state index >= 15 is 0 Å². The predicted molar refractivity (Wildman–Crippen MR) is 100 cm³/mol. The first-order valence-electron chi connectivity index (χ1n) is 8.73. The van der Waals surface area contributed by atoms with Crippen molar-refractivity contribution in [1.29, 1.82) is 0 Å². The van der Waals surface area contributed by atoms with Crippen LogP contribution in [0, 0.1) is 0 Å². The summed E-state index contributed by atoms with van der Waals surface area (Å²) in [5.41, 5.74) is 0.272. The van der Waals surface area contributed by atoms with Crippen molar-refractivity contribution < 1.29 is 14.1 Å². The number of aromatic nitrogens is 4. The maximum atomic E-state index is 12.8. The Bertz CT molecular complexity index is 1200. The summed E-state index contributed by atoms with van der Waals surface area (Å²) in [5, 5.41) is 8.82. The highest BCUT2D eigenvalue weighted by atomic mass is 16.6. The number of esters is 1. The van der Waals surface area contributed by atoms with Crippen LogP contribution in [0.3, 0.4) is 0 Å².